The Kier molecular flexibility index (Phi) is 7.14. The number of nitro benzene ring substituents is 1. The second kappa shape index (κ2) is 8.04. The number of amides is 2. The number of hydrogen-bond donors (Lipinski definition) is 4. The highest BCUT2D eigenvalue weighted by molar-refractivity contribution is 7.90. The fourth-order valence-electron chi connectivity index (χ4n) is 0.938. The van der Waals surface area contributed by atoms with Gasteiger partial charge in [0.1, 0.15) is 0 Å². The number of aliphatic hydroxyl groups excluding tert-OH is 1. The van der Waals surface area contributed by atoms with Crippen molar-refractivity contribution in [1.29, 1.82) is 0 Å². The van der Waals surface area contributed by atoms with Crippen LogP contribution in [0.25, 0.3) is 0 Å². The number of nitro groups is 1. The van der Waals surface area contributed by atoms with Gasteiger partial charge in [-0.15, -0.1) is 0 Å². The van der Waals surface area contributed by atoms with Gasteiger partial charge in [0.25, 0.3) is 15.7 Å². The minimum Gasteiger partial charge on any atom is -0.395 e. The molecule has 0 aliphatic rings. The summed E-state index contributed by atoms with van der Waals surface area (Å²) in [6, 6.07) is 2.80. The summed E-state index contributed by atoms with van der Waals surface area (Å²) in [6.07, 6.45) is 0. The van der Waals surface area contributed by atoms with E-state index in [-0.39, 0.29) is 17.2 Å². The number of sulfonamides is 1. The Bertz CT molecular complexity index is 554. The zero-order valence-corrected chi connectivity index (χ0v) is 11.0. The van der Waals surface area contributed by atoms with Gasteiger partial charge in [-0.3, -0.25) is 10.1 Å². The molecule has 0 atom stereocenters. The molecule has 0 aromatic heterocycles. The maximum Gasteiger partial charge on any atom is 0.326 e. The normalized spacial score (nSPS) is 10.1. The standard InChI is InChI=1S/C7H7N3O5S.C2H7NO/c8-7(11)9-16(14,15)6-3-1-5(2-4-6)10(12)13;3-1-2-4/h1-4H,(H3,8,9,11);4H,1-3H2. The van der Waals surface area contributed by atoms with Gasteiger partial charge >= 0.3 is 6.03 Å². The molecule has 0 heterocycles. The molecule has 10 nitrogen and oxygen atoms in total. The minimum absolute atomic E-state index is 0.0972. The predicted molar refractivity (Wildman–Crippen MR) is 69.1 cm³/mol. The van der Waals surface area contributed by atoms with Crippen molar-refractivity contribution in [2.45, 2.75) is 4.90 Å². The molecule has 0 aliphatic heterocycles. The van der Waals surface area contributed by atoms with E-state index in [0.29, 0.717) is 6.54 Å². The van der Waals surface area contributed by atoms with E-state index in [4.69, 9.17) is 10.8 Å². The first kappa shape index (κ1) is 17.8. The van der Waals surface area contributed by atoms with E-state index in [1.807, 2.05) is 0 Å². The molecule has 0 radical (unpaired) electrons. The van der Waals surface area contributed by atoms with E-state index in [1.54, 1.807) is 0 Å². The summed E-state index contributed by atoms with van der Waals surface area (Å²) in [6.45, 7) is 0.472. The predicted octanol–water partition coefficient (Wildman–Crippen LogP) is -1.11. The molecule has 1 aromatic carbocycles. The summed E-state index contributed by atoms with van der Waals surface area (Å²) in [5, 5.41) is 18.1. The van der Waals surface area contributed by atoms with Crippen LogP contribution < -0.4 is 16.2 Å². The Hall–Kier alpha value is -2.24. The van der Waals surface area contributed by atoms with Crippen molar-refractivity contribution >= 4 is 21.7 Å². The number of hydrogen-bond acceptors (Lipinski definition) is 7. The summed E-state index contributed by atoms with van der Waals surface area (Å²) in [7, 11) is -4.05. The molecule has 0 unspecified atom stereocenters. The van der Waals surface area contributed by atoms with Crippen molar-refractivity contribution in [3.05, 3.63) is 34.4 Å². The molecule has 1 rings (SSSR count). The molecule has 6 N–H and O–H groups in total. The molecule has 0 spiro atoms. The minimum atomic E-state index is -4.05. The Morgan fingerprint density at radius 2 is 1.80 bits per heavy atom. The summed E-state index contributed by atoms with van der Waals surface area (Å²) in [5.41, 5.74) is 9.18. The van der Waals surface area contributed by atoms with Crippen LogP contribution in [0, 0.1) is 10.1 Å². The van der Waals surface area contributed by atoms with Crippen LogP contribution in [0.4, 0.5) is 10.5 Å². The lowest BCUT2D eigenvalue weighted by Crippen LogP contribution is -2.34. The maximum atomic E-state index is 11.3. The van der Waals surface area contributed by atoms with Crippen LogP contribution in [0.5, 0.6) is 0 Å². The zero-order chi connectivity index (χ0) is 15.8. The Labute approximate surface area is 114 Å². The summed E-state index contributed by atoms with van der Waals surface area (Å²) in [5.74, 6) is 0. The molecule has 0 saturated heterocycles. The van der Waals surface area contributed by atoms with Crippen molar-refractivity contribution in [3.63, 3.8) is 0 Å². The van der Waals surface area contributed by atoms with E-state index in [9.17, 15) is 23.3 Å². The number of nitrogens with one attached hydrogen (secondary N) is 1. The van der Waals surface area contributed by atoms with Crippen LogP contribution in [0.1, 0.15) is 0 Å². The lowest BCUT2D eigenvalue weighted by Gasteiger charge is -2.03. The van der Waals surface area contributed by atoms with E-state index in [2.05, 4.69) is 5.73 Å². The van der Waals surface area contributed by atoms with Crippen molar-refractivity contribution in [3.8, 4) is 0 Å². The lowest BCUT2D eigenvalue weighted by atomic mass is 10.3. The third-order valence-corrected chi connectivity index (χ3v) is 3.08. The molecular formula is C9H14N4O6S. The Morgan fingerprint density at radius 3 is 2.10 bits per heavy atom. The first-order valence-corrected chi connectivity index (χ1v) is 6.60. The Morgan fingerprint density at radius 1 is 1.35 bits per heavy atom. The molecule has 20 heavy (non-hydrogen) atoms. The smallest absolute Gasteiger partial charge is 0.326 e. The topological polar surface area (TPSA) is 179 Å². The van der Waals surface area contributed by atoms with Crippen molar-refractivity contribution in [2.75, 3.05) is 13.2 Å². The van der Waals surface area contributed by atoms with Gasteiger partial charge in [0.15, 0.2) is 0 Å². The van der Waals surface area contributed by atoms with Crippen LogP contribution in [-0.4, -0.2) is 37.6 Å². The van der Waals surface area contributed by atoms with E-state index >= 15 is 0 Å². The largest absolute Gasteiger partial charge is 0.395 e. The molecule has 1 aromatic rings. The van der Waals surface area contributed by atoms with Crippen molar-refractivity contribution < 1.29 is 23.2 Å². The number of primary amides is 1. The average Bonchev–Trinajstić information content (AvgIpc) is 2.37. The van der Waals surface area contributed by atoms with Gasteiger partial charge in [-0.2, -0.15) is 0 Å². The number of benzene rings is 1. The average molecular weight is 306 g/mol. The second-order valence-electron chi connectivity index (χ2n) is 3.23. The van der Waals surface area contributed by atoms with Crippen LogP contribution in [0.2, 0.25) is 0 Å². The third kappa shape index (κ3) is 6.08. The summed E-state index contributed by atoms with van der Waals surface area (Å²) >= 11 is 0. The number of carbonyl (C=O) groups excluding carboxylic acids is 1. The molecule has 2 amide bonds. The van der Waals surface area contributed by atoms with Gasteiger partial charge in [0, 0.05) is 18.7 Å². The van der Waals surface area contributed by atoms with Gasteiger partial charge in [-0.1, -0.05) is 0 Å². The van der Waals surface area contributed by atoms with Gasteiger partial charge < -0.3 is 16.6 Å². The summed E-state index contributed by atoms with van der Waals surface area (Å²) < 4.78 is 24.2. The number of nitrogens with two attached hydrogens (primary N) is 2. The number of urea groups is 1. The molecule has 0 fully saturated rings. The fourth-order valence-corrected chi connectivity index (χ4v) is 1.82. The quantitative estimate of drug-likeness (QED) is 0.402. The van der Waals surface area contributed by atoms with Gasteiger partial charge in [0.05, 0.1) is 16.4 Å². The van der Waals surface area contributed by atoms with E-state index in [1.165, 1.54) is 4.72 Å². The van der Waals surface area contributed by atoms with E-state index in [0.717, 1.165) is 24.3 Å². The number of nitrogens with zero attached hydrogens (tertiary/aromatic N) is 1. The molecule has 112 valence electrons. The fraction of sp³-hybridized carbons (Fsp3) is 0.222. The number of aliphatic hydroxyl groups is 1. The first-order valence-electron chi connectivity index (χ1n) is 5.12. The van der Waals surface area contributed by atoms with Crippen molar-refractivity contribution in [2.24, 2.45) is 11.5 Å². The highest BCUT2D eigenvalue weighted by Crippen LogP contribution is 2.15. The first-order chi connectivity index (χ1) is 9.24. The zero-order valence-electron chi connectivity index (χ0n) is 10.2. The second-order valence-corrected chi connectivity index (χ2v) is 4.92. The van der Waals surface area contributed by atoms with Crippen LogP contribution in [-0.2, 0) is 10.0 Å². The van der Waals surface area contributed by atoms with Gasteiger partial charge in [0.2, 0.25) is 0 Å². The van der Waals surface area contributed by atoms with Gasteiger partial charge in [-0.05, 0) is 12.1 Å². The maximum absolute atomic E-state index is 11.3. The van der Waals surface area contributed by atoms with Crippen LogP contribution in [0.3, 0.4) is 0 Å². The molecule has 0 aliphatic carbocycles. The van der Waals surface area contributed by atoms with Crippen LogP contribution in [0.15, 0.2) is 29.2 Å². The number of carbonyl (C=O) groups is 1. The monoisotopic (exact) mass is 306 g/mol. The number of rotatable bonds is 4. The lowest BCUT2D eigenvalue weighted by molar-refractivity contribution is -0.384. The highest BCUT2D eigenvalue weighted by Gasteiger charge is 2.16. The molecular weight excluding hydrogens is 292 g/mol. The highest BCUT2D eigenvalue weighted by atomic mass is 32.2. The Balaban J connectivity index is 0.000000796. The van der Waals surface area contributed by atoms with Crippen molar-refractivity contribution in [1.82, 2.24) is 4.72 Å². The van der Waals surface area contributed by atoms with Crippen LogP contribution >= 0.6 is 0 Å². The summed E-state index contributed by atoms with van der Waals surface area (Å²) in [4.78, 5) is 19.7. The SMILES string of the molecule is NC(=O)NS(=O)(=O)c1ccc([N+](=O)[O-])cc1.NCCO. The third-order valence-electron chi connectivity index (χ3n) is 1.72. The molecule has 11 heteroatoms. The molecule has 0 saturated carbocycles. The van der Waals surface area contributed by atoms with E-state index < -0.39 is 21.0 Å². The number of non-ortho nitro benzene ring substituents is 1. The van der Waals surface area contributed by atoms with Gasteiger partial charge in [-0.25, -0.2) is 17.9 Å². The molecule has 0 bridgehead atoms.